The van der Waals surface area contributed by atoms with E-state index in [0.717, 1.165) is 11.6 Å². The topological polar surface area (TPSA) is 61.7 Å². The van der Waals surface area contributed by atoms with E-state index in [2.05, 4.69) is 37.1 Å². The van der Waals surface area contributed by atoms with Crippen LogP contribution >= 0.6 is 0 Å². The quantitative estimate of drug-likeness (QED) is 0.517. The van der Waals surface area contributed by atoms with Crippen molar-refractivity contribution in [2.24, 2.45) is 0 Å². The molecule has 0 aliphatic rings. The zero-order valence-corrected chi connectivity index (χ0v) is 17.6. The van der Waals surface area contributed by atoms with Crippen LogP contribution in [-0.2, 0) is 17.9 Å². The van der Waals surface area contributed by atoms with E-state index in [-0.39, 0.29) is 12.6 Å². The Labute approximate surface area is 164 Å². The molecular formula is C22H33NO3Si. The van der Waals surface area contributed by atoms with Gasteiger partial charge in [-0.25, -0.2) is 0 Å². The summed E-state index contributed by atoms with van der Waals surface area (Å²) >= 11 is 0. The van der Waals surface area contributed by atoms with E-state index in [4.69, 9.17) is 4.74 Å². The summed E-state index contributed by atoms with van der Waals surface area (Å²) in [5.41, 5.74) is 2.25. The minimum Gasteiger partial charge on any atom is -0.394 e. The zero-order chi connectivity index (χ0) is 19.7. The van der Waals surface area contributed by atoms with Crippen LogP contribution in [0.15, 0.2) is 60.7 Å². The second-order valence-electron chi connectivity index (χ2n) is 8.25. The predicted molar refractivity (Wildman–Crippen MR) is 113 cm³/mol. The monoisotopic (exact) mass is 387 g/mol. The fourth-order valence-electron chi connectivity index (χ4n) is 3.17. The van der Waals surface area contributed by atoms with Gasteiger partial charge in [-0.3, -0.25) is 0 Å². The Morgan fingerprint density at radius 1 is 0.926 bits per heavy atom. The predicted octanol–water partition coefficient (Wildman–Crippen LogP) is 3.42. The van der Waals surface area contributed by atoms with Crippen LogP contribution in [0.25, 0.3) is 0 Å². The number of aliphatic hydroxyl groups is 2. The van der Waals surface area contributed by atoms with Gasteiger partial charge in [0.15, 0.2) is 0 Å². The van der Waals surface area contributed by atoms with Crippen molar-refractivity contribution in [1.82, 2.24) is 5.32 Å². The molecule has 0 amide bonds. The molecule has 0 unspecified atom stereocenters. The van der Waals surface area contributed by atoms with E-state index < -0.39 is 20.3 Å². The smallest absolute Gasteiger partial charge is 0.105 e. The summed E-state index contributed by atoms with van der Waals surface area (Å²) in [6, 6.07) is 21.1. The standard InChI is InChI=1S/C22H33NO3Si/c1-27(2,3)17-20(23-14-18-10-6-4-7-11-18)22(21(25)15-24)26-16-19-12-8-5-9-13-19/h4-13,20-25H,14-17H2,1-3H3/t20-,21+,22+/m1/s1. The van der Waals surface area contributed by atoms with E-state index in [1.807, 2.05) is 48.5 Å². The SMILES string of the molecule is C[Si](C)(C)C[C@@H](NCc1ccccc1)[C@H](OCc1ccccc1)[C@@H](O)CO. The van der Waals surface area contributed by atoms with E-state index in [1.165, 1.54) is 5.56 Å². The molecule has 0 radical (unpaired) electrons. The van der Waals surface area contributed by atoms with E-state index in [9.17, 15) is 10.2 Å². The molecule has 0 aromatic heterocycles. The lowest BCUT2D eigenvalue weighted by atomic mass is 10.1. The lowest BCUT2D eigenvalue weighted by molar-refractivity contribution is -0.0791. The molecule has 2 aromatic rings. The van der Waals surface area contributed by atoms with Gasteiger partial charge in [-0.2, -0.15) is 0 Å². The van der Waals surface area contributed by atoms with E-state index in [0.29, 0.717) is 13.2 Å². The molecule has 0 bridgehead atoms. The van der Waals surface area contributed by atoms with Crippen LogP contribution in [0.3, 0.4) is 0 Å². The third kappa shape index (κ3) is 7.95. The van der Waals surface area contributed by atoms with Crippen molar-refractivity contribution in [2.45, 2.75) is 57.1 Å². The average Bonchev–Trinajstić information content (AvgIpc) is 2.66. The van der Waals surface area contributed by atoms with Gasteiger partial charge in [-0.1, -0.05) is 80.3 Å². The molecule has 0 heterocycles. The number of rotatable bonds is 11. The van der Waals surface area contributed by atoms with Crippen LogP contribution in [0, 0.1) is 0 Å². The van der Waals surface area contributed by atoms with E-state index in [1.54, 1.807) is 0 Å². The molecule has 5 heteroatoms. The van der Waals surface area contributed by atoms with Gasteiger partial charge in [0.2, 0.25) is 0 Å². The number of aliphatic hydroxyl groups excluding tert-OH is 2. The second-order valence-corrected chi connectivity index (χ2v) is 13.8. The molecule has 0 saturated heterocycles. The van der Waals surface area contributed by atoms with Gasteiger partial charge in [0.25, 0.3) is 0 Å². The normalized spacial score (nSPS) is 15.3. The molecule has 4 nitrogen and oxygen atoms in total. The molecule has 0 aliphatic heterocycles. The number of ether oxygens (including phenoxy) is 1. The maximum Gasteiger partial charge on any atom is 0.105 e. The molecular weight excluding hydrogens is 354 g/mol. The third-order valence-electron chi connectivity index (χ3n) is 4.49. The molecule has 2 rings (SSSR count). The van der Waals surface area contributed by atoms with E-state index >= 15 is 0 Å². The van der Waals surface area contributed by atoms with Crippen molar-refractivity contribution < 1.29 is 14.9 Å². The molecule has 3 N–H and O–H groups in total. The minimum absolute atomic E-state index is 0.0252. The van der Waals surface area contributed by atoms with Crippen molar-refractivity contribution in [3.8, 4) is 0 Å². The van der Waals surface area contributed by atoms with Crippen LogP contribution < -0.4 is 5.32 Å². The highest BCUT2D eigenvalue weighted by molar-refractivity contribution is 6.76. The summed E-state index contributed by atoms with van der Waals surface area (Å²) < 4.78 is 6.13. The first-order valence-electron chi connectivity index (χ1n) is 9.61. The molecule has 2 aromatic carbocycles. The number of benzene rings is 2. The Hall–Kier alpha value is -1.50. The summed E-state index contributed by atoms with van der Waals surface area (Å²) in [4.78, 5) is 0. The maximum atomic E-state index is 10.5. The van der Waals surface area contributed by atoms with Gasteiger partial charge in [-0.05, 0) is 17.2 Å². The summed E-state index contributed by atoms with van der Waals surface area (Å²) in [7, 11) is -1.42. The number of nitrogens with one attached hydrogen (secondary N) is 1. The highest BCUT2D eigenvalue weighted by Gasteiger charge is 2.32. The van der Waals surface area contributed by atoms with Crippen molar-refractivity contribution >= 4 is 8.07 Å². The van der Waals surface area contributed by atoms with Crippen LogP contribution in [0.4, 0.5) is 0 Å². The first-order valence-corrected chi connectivity index (χ1v) is 13.3. The lowest BCUT2D eigenvalue weighted by Gasteiger charge is -2.34. The zero-order valence-electron chi connectivity index (χ0n) is 16.6. The van der Waals surface area contributed by atoms with Crippen LogP contribution in [0.1, 0.15) is 11.1 Å². The van der Waals surface area contributed by atoms with Gasteiger partial charge in [-0.15, -0.1) is 0 Å². The van der Waals surface area contributed by atoms with Crippen LogP contribution in [0.2, 0.25) is 25.7 Å². The molecule has 0 fully saturated rings. The van der Waals surface area contributed by atoms with Crippen molar-refractivity contribution in [1.29, 1.82) is 0 Å². The highest BCUT2D eigenvalue weighted by atomic mass is 28.3. The van der Waals surface area contributed by atoms with Crippen molar-refractivity contribution in [3.05, 3.63) is 71.8 Å². The Balaban J connectivity index is 2.12. The second kappa shape index (κ2) is 10.7. The van der Waals surface area contributed by atoms with Gasteiger partial charge >= 0.3 is 0 Å². The van der Waals surface area contributed by atoms with Gasteiger partial charge in [0, 0.05) is 20.7 Å². The summed E-state index contributed by atoms with van der Waals surface area (Å²) in [6.07, 6.45) is -1.39. The Bertz CT molecular complexity index is 646. The Morgan fingerprint density at radius 2 is 1.48 bits per heavy atom. The molecule has 3 atom stereocenters. The van der Waals surface area contributed by atoms with Crippen molar-refractivity contribution in [3.63, 3.8) is 0 Å². The Kier molecular flexibility index (Phi) is 8.66. The summed E-state index contributed by atoms with van der Waals surface area (Å²) in [5, 5.41) is 23.6. The van der Waals surface area contributed by atoms with Crippen LogP contribution in [-0.4, -0.2) is 43.1 Å². The number of hydrogen-bond donors (Lipinski definition) is 3. The molecule has 0 spiro atoms. The lowest BCUT2D eigenvalue weighted by Crippen LogP contribution is -2.51. The highest BCUT2D eigenvalue weighted by Crippen LogP contribution is 2.20. The van der Waals surface area contributed by atoms with Gasteiger partial charge < -0.3 is 20.3 Å². The molecule has 27 heavy (non-hydrogen) atoms. The molecule has 0 aliphatic carbocycles. The third-order valence-corrected chi connectivity index (χ3v) is 6.16. The van der Waals surface area contributed by atoms with Crippen molar-refractivity contribution in [2.75, 3.05) is 6.61 Å². The maximum absolute atomic E-state index is 10.5. The minimum atomic E-state index is -1.42. The summed E-state index contributed by atoms with van der Waals surface area (Å²) in [5.74, 6) is 0. The Morgan fingerprint density at radius 3 is 2.00 bits per heavy atom. The molecule has 148 valence electrons. The summed E-state index contributed by atoms with van der Waals surface area (Å²) in [6.45, 7) is 7.74. The fourth-order valence-corrected chi connectivity index (χ4v) is 4.87. The largest absolute Gasteiger partial charge is 0.394 e. The van der Waals surface area contributed by atoms with Gasteiger partial charge in [0.1, 0.15) is 12.2 Å². The van der Waals surface area contributed by atoms with Crippen LogP contribution in [0.5, 0.6) is 0 Å². The molecule has 0 saturated carbocycles. The first-order chi connectivity index (χ1) is 12.9. The first kappa shape index (κ1) is 21.8. The number of hydrogen-bond acceptors (Lipinski definition) is 4. The fraction of sp³-hybridized carbons (Fsp3) is 0.455. The van der Waals surface area contributed by atoms with Gasteiger partial charge in [0.05, 0.1) is 13.2 Å². The average molecular weight is 388 g/mol.